The van der Waals surface area contributed by atoms with Gasteiger partial charge in [-0.15, -0.1) is 0 Å². The van der Waals surface area contributed by atoms with Crippen molar-refractivity contribution in [3.8, 4) is 0 Å². The van der Waals surface area contributed by atoms with Crippen LogP contribution < -0.4 is 10.0 Å². The maximum Gasteiger partial charge on any atom is 0.236 e. The summed E-state index contributed by atoms with van der Waals surface area (Å²) in [6.07, 6.45) is 2.58. The lowest BCUT2D eigenvalue weighted by atomic mass is 10.1. The van der Waals surface area contributed by atoms with Gasteiger partial charge in [-0.25, -0.2) is 8.42 Å². The number of hydrogen-bond acceptors (Lipinski definition) is 3. The van der Waals surface area contributed by atoms with Gasteiger partial charge in [0.25, 0.3) is 0 Å². The van der Waals surface area contributed by atoms with Crippen molar-refractivity contribution in [2.75, 3.05) is 17.8 Å². The molecule has 1 aromatic rings. The zero-order chi connectivity index (χ0) is 13.0. The molecule has 1 aliphatic heterocycles. The second-order valence-electron chi connectivity index (χ2n) is 4.67. The van der Waals surface area contributed by atoms with Gasteiger partial charge in [0.1, 0.15) is 0 Å². The molecular formula is C13H20N2O2S. The van der Waals surface area contributed by atoms with E-state index in [0.717, 1.165) is 30.6 Å². The van der Waals surface area contributed by atoms with Crippen LogP contribution in [-0.4, -0.2) is 26.8 Å². The number of benzene rings is 1. The summed E-state index contributed by atoms with van der Waals surface area (Å²) in [5.74, 6) is 0. The fraction of sp³-hybridized carbons (Fsp3) is 0.538. The van der Waals surface area contributed by atoms with E-state index in [0.29, 0.717) is 13.0 Å². The zero-order valence-corrected chi connectivity index (χ0v) is 11.5. The fourth-order valence-corrected chi connectivity index (χ4v) is 3.67. The highest BCUT2D eigenvalue weighted by atomic mass is 32.2. The van der Waals surface area contributed by atoms with Crippen LogP contribution in [0, 0.1) is 0 Å². The molecule has 4 nitrogen and oxygen atoms in total. The Balaban J connectivity index is 2.17. The highest BCUT2D eigenvalue weighted by Crippen LogP contribution is 2.21. The van der Waals surface area contributed by atoms with E-state index in [2.05, 4.69) is 17.0 Å². The molecule has 1 saturated heterocycles. The Morgan fingerprint density at radius 2 is 2.17 bits per heavy atom. The van der Waals surface area contributed by atoms with Crippen LogP contribution in [0.1, 0.15) is 25.3 Å². The summed E-state index contributed by atoms with van der Waals surface area (Å²) in [6, 6.07) is 7.63. The van der Waals surface area contributed by atoms with Gasteiger partial charge in [0.2, 0.25) is 10.0 Å². The van der Waals surface area contributed by atoms with Crippen LogP contribution in [0.15, 0.2) is 24.3 Å². The summed E-state index contributed by atoms with van der Waals surface area (Å²) in [7, 11) is -3.27. The van der Waals surface area contributed by atoms with Crippen molar-refractivity contribution >= 4 is 15.7 Å². The molecular weight excluding hydrogens is 248 g/mol. The third kappa shape index (κ3) is 3.03. The molecule has 0 aliphatic carbocycles. The summed E-state index contributed by atoms with van der Waals surface area (Å²) >= 11 is 0. The highest BCUT2D eigenvalue weighted by molar-refractivity contribution is 7.93. The Hall–Kier alpha value is -1.07. The molecule has 1 heterocycles. The minimum atomic E-state index is -3.27. The Bertz CT molecular complexity index is 493. The second kappa shape index (κ2) is 5.71. The number of anilines is 1. The minimum absolute atomic E-state index is 0.313. The van der Waals surface area contributed by atoms with E-state index in [1.54, 1.807) is 0 Å². The first-order valence-corrected chi connectivity index (χ1v) is 7.98. The first-order chi connectivity index (χ1) is 8.63. The van der Waals surface area contributed by atoms with Crippen LogP contribution in [0.3, 0.4) is 0 Å². The molecule has 5 heteroatoms. The maximum atomic E-state index is 12.2. The molecule has 1 fully saturated rings. The molecule has 0 bridgehead atoms. The maximum absolute atomic E-state index is 12.2. The Morgan fingerprint density at radius 1 is 1.39 bits per heavy atom. The summed E-state index contributed by atoms with van der Waals surface area (Å²) in [5, 5.41) is 2.77. The third-order valence-corrected chi connectivity index (χ3v) is 5.03. The minimum Gasteiger partial charge on any atom is -0.315 e. The van der Waals surface area contributed by atoms with Crippen LogP contribution in [-0.2, 0) is 16.4 Å². The van der Waals surface area contributed by atoms with Gasteiger partial charge in [0.05, 0.1) is 10.9 Å². The van der Waals surface area contributed by atoms with Gasteiger partial charge < -0.3 is 5.32 Å². The van der Waals surface area contributed by atoms with Gasteiger partial charge in [-0.1, -0.05) is 31.5 Å². The predicted octanol–water partition coefficient (Wildman–Crippen LogP) is 1.74. The monoisotopic (exact) mass is 268 g/mol. The highest BCUT2D eigenvalue weighted by Gasteiger charge is 2.28. The lowest BCUT2D eigenvalue weighted by Gasteiger charge is -2.15. The molecule has 0 aromatic heterocycles. The zero-order valence-electron chi connectivity index (χ0n) is 10.6. The van der Waals surface area contributed by atoms with Gasteiger partial charge in [0.15, 0.2) is 0 Å². The average Bonchev–Trinajstić information content (AvgIpc) is 2.86. The SMILES string of the molecule is CCCc1ccccc1NS(=O)(=O)C1CCNC1. The first kappa shape index (κ1) is 13.4. The van der Waals surface area contributed by atoms with E-state index in [1.807, 2.05) is 24.3 Å². The van der Waals surface area contributed by atoms with Crippen LogP contribution in [0.25, 0.3) is 0 Å². The molecule has 0 spiro atoms. The number of nitrogens with one attached hydrogen (secondary N) is 2. The molecule has 0 amide bonds. The molecule has 1 aliphatic rings. The second-order valence-corrected chi connectivity index (χ2v) is 6.63. The van der Waals surface area contributed by atoms with Crippen LogP contribution in [0.5, 0.6) is 0 Å². The van der Waals surface area contributed by atoms with Gasteiger partial charge in [0, 0.05) is 6.54 Å². The van der Waals surface area contributed by atoms with Crippen molar-refractivity contribution in [2.24, 2.45) is 0 Å². The lowest BCUT2D eigenvalue weighted by molar-refractivity contribution is 0.588. The molecule has 100 valence electrons. The van der Waals surface area contributed by atoms with E-state index in [-0.39, 0.29) is 5.25 Å². The summed E-state index contributed by atoms with van der Waals surface area (Å²) in [4.78, 5) is 0. The lowest BCUT2D eigenvalue weighted by Crippen LogP contribution is -2.30. The number of hydrogen-bond donors (Lipinski definition) is 2. The van der Waals surface area contributed by atoms with Crippen LogP contribution in [0.4, 0.5) is 5.69 Å². The van der Waals surface area contributed by atoms with E-state index < -0.39 is 10.0 Å². The van der Waals surface area contributed by atoms with Crippen molar-refractivity contribution in [3.05, 3.63) is 29.8 Å². The summed E-state index contributed by atoms with van der Waals surface area (Å²) < 4.78 is 27.2. The smallest absolute Gasteiger partial charge is 0.236 e. The molecule has 0 radical (unpaired) electrons. The number of sulfonamides is 1. The molecule has 1 atom stereocenters. The van der Waals surface area contributed by atoms with Crippen molar-refractivity contribution in [1.29, 1.82) is 0 Å². The van der Waals surface area contributed by atoms with Crippen molar-refractivity contribution < 1.29 is 8.42 Å². The molecule has 2 rings (SSSR count). The molecule has 0 saturated carbocycles. The first-order valence-electron chi connectivity index (χ1n) is 6.43. The van der Waals surface area contributed by atoms with Gasteiger partial charge in [-0.05, 0) is 31.0 Å². The molecule has 18 heavy (non-hydrogen) atoms. The average molecular weight is 268 g/mol. The molecule has 2 N–H and O–H groups in total. The van der Waals surface area contributed by atoms with E-state index >= 15 is 0 Å². The largest absolute Gasteiger partial charge is 0.315 e. The number of aryl methyl sites for hydroxylation is 1. The number of para-hydroxylation sites is 1. The van der Waals surface area contributed by atoms with Crippen molar-refractivity contribution in [3.63, 3.8) is 0 Å². The van der Waals surface area contributed by atoms with E-state index in [9.17, 15) is 8.42 Å². The fourth-order valence-electron chi connectivity index (χ4n) is 2.24. The van der Waals surface area contributed by atoms with Gasteiger partial charge in [-0.3, -0.25) is 4.72 Å². The Morgan fingerprint density at radius 3 is 2.83 bits per heavy atom. The van der Waals surface area contributed by atoms with E-state index in [4.69, 9.17) is 0 Å². The number of rotatable bonds is 5. The van der Waals surface area contributed by atoms with Gasteiger partial charge in [-0.2, -0.15) is 0 Å². The van der Waals surface area contributed by atoms with Gasteiger partial charge >= 0.3 is 0 Å². The standard InChI is InChI=1S/C13H20N2O2S/c1-2-5-11-6-3-4-7-13(11)15-18(16,17)12-8-9-14-10-12/h3-4,6-7,12,14-15H,2,5,8-10H2,1H3. The van der Waals surface area contributed by atoms with E-state index in [1.165, 1.54) is 0 Å². The Kier molecular flexibility index (Phi) is 4.24. The normalized spacial score (nSPS) is 19.9. The Labute approximate surface area is 109 Å². The van der Waals surface area contributed by atoms with Crippen molar-refractivity contribution in [2.45, 2.75) is 31.4 Å². The molecule has 1 unspecified atom stereocenters. The van der Waals surface area contributed by atoms with Crippen LogP contribution >= 0.6 is 0 Å². The molecule has 1 aromatic carbocycles. The third-order valence-electron chi connectivity index (χ3n) is 3.24. The van der Waals surface area contributed by atoms with Crippen LogP contribution in [0.2, 0.25) is 0 Å². The quantitative estimate of drug-likeness (QED) is 0.855. The summed E-state index contributed by atoms with van der Waals surface area (Å²) in [6.45, 7) is 3.42. The predicted molar refractivity (Wildman–Crippen MR) is 74.3 cm³/mol. The summed E-state index contributed by atoms with van der Waals surface area (Å²) in [5.41, 5.74) is 1.79. The van der Waals surface area contributed by atoms with Crippen molar-refractivity contribution in [1.82, 2.24) is 5.32 Å². The topological polar surface area (TPSA) is 58.2 Å².